The van der Waals surface area contributed by atoms with E-state index in [0.29, 0.717) is 40.2 Å². The van der Waals surface area contributed by atoms with Crippen LogP contribution in [-0.2, 0) is 12.8 Å². The number of hydrogen-bond donors (Lipinski definition) is 2. The van der Waals surface area contributed by atoms with Crippen LogP contribution in [0.5, 0.6) is 11.5 Å². The molecule has 162 valence electrons. The SMILES string of the molecule is C=C1C=C(c2c(Cl)c(OC)cc(OC)c2CCC)N=C(NCCc2ccccc2)C1=N. The van der Waals surface area contributed by atoms with Gasteiger partial charge in [-0.05, 0) is 30.1 Å². The maximum Gasteiger partial charge on any atom is 0.152 e. The van der Waals surface area contributed by atoms with Crippen LogP contribution in [0.3, 0.4) is 0 Å². The van der Waals surface area contributed by atoms with Gasteiger partial charge in [-0.2, -0.15) is 0 Å². The summed E-state index contributed by atoms with van der Waals surface area (Å²) in [4.78, 5) is 4.75. The first-order chi connectivity index (χ1) is 15.0. The third kappa shape index (κ3) is 5.00. The average Bonchev–Trinajstić information content (AvgIpc) is 2.78. The zero-order valence-corrected chi connectivity index (χ0v) is 19.0. The first-order valence-electron chi connectivity index (χ1n) is 10.3. The maximum atomic E-state index is 8.41. The van der Waals surface area contributed by atoms with E-state index in [1.807, 2.05) is 18.2 Å². The Labute approximate surface area is 189 Å². The lowest BCUT2D eigenvalue weighted by molar-refractivity contribution is 0.390. The number of methoxy groups -OCH3 is 2. The molecule has 3 rings (SSSR count). The minimum Gasteiger partial charge on any atom is -0.496 e. The molecule has 0 bridgehead atoms. The number of allylic oxidation sites excluding steroid dienone is 1. The predicted molar refractivity (Wildman–Crippen MR) is 129 cm³/mol. The van der Waals surface area contributed by atoms with Crippen LogP contribution in [0, 0.1) is 5.41 Å². The molecule has 2 N–H and O–H groups in total. The van der Waals surface area contributed by atoms with Gasteiger partial charge in [-0.1, -0.05) is 61.9 Å². The van der Waals surface area contributed by atoms with Crippen LogP contribution >= 0.6 is 11.6 Å². The average molecular weight is 438 g/mol. The minimum atomic E-state index is 0.278. The highest BCUT2D eigenvalue weighted by molar-refractivity contribution is 6.48. The topological polar surface area (TPSA) is 66.7 Å². The molecule has 2 aromatic carbocycles. The van der Waals surface area contributed by atoms with Crippen LogP contribution in [0.1, 0.15) is 30.0 Å². The van der Waals surface area contributed by atoms with Crippen molar-refractivity contribution >= 4 is 28.8 Å². The molecule has 0 saturated heterocycles. The molecule has 0 amide bonds. The Morgan fingerprint density at radius 2 is 1.81 bits per heavy atom. The number of nitrogens with one attached hydrogen (secondary N) is 2. The van der Waals surface area contributed by atoms with E-state index >= 15 is 0 Å². The van der Waals surface area contributed by atoms with Crippen LogP contribution in [-0.4, -0.2) is 32.3 Å². The number of aliphatic imine (C=N–C) groups is 1. The summed E-state index contributed by atoms with van der Waals surface area (Å²) in [5.41, 5.74) is 4.45. The molecule has 0 aromatic heterocycles. The molecule has 0 spiro atoms. The van der Waals surface area contributed by atoms with Gasteiger partial charge in [0.15, 0.2) is 5.84 Å². The molecule has 1 heterocycles. The molecular formula is C25H28ClN3O2. The number of halogens is 1. The Hall–Kier alpha value is -3.05. The standard InChI is InChI=1S/C25H28ClN3O2/c1-5-9-18-20(30-3)15-21(31-4)23(26)22(18)19-14-16(2)24(27)25(29-19)28-13-12-17-10-7-6-8-11-17/h6-8,10-11,14-15,27H,2,5,9,12-13H2,1,3-4H3,(H,28,29). The van der Waals surface area contributed by atoms with Gasteiger partial charge in [0.25, 0.3) is 0 Å². The summed E-state index contributed by atoms with van der Waals surface area (Å²) in [6, 6.07) is 12.0. The van der Waals surface area contributed by atoms with Crippen molar-refractivity contribution in [1.82, 2.24) is 5.32 Å². The van der Waals surface area contributed by atoms with Crippen LogP contribution < -0.4 is 14.8 Å². The number of hydrogen-bond acceptors (Lipinski definition) is 5. The van der Waals surface area contributed by atoms with E-state index in [-0.39, 0.29) is 5.71 Å². The van der Waals surface area contributed by atoms with E-state index in [4.69, 9.17) is 31.5 Å². The zero-order chi connectivity index (χ0) is 22.4. The molecule has 31 heavy (non-hydrogen) atoms. The number of benzene rings is 2. The predicted octanol–water partition coefficient (Wildman–Crippen LogP) is 5.47. The van der Waals surface area contributed by atoms with Gasteiger partial charge in [0.1, 0.15) is 17.2 Å². The molecule has 5 nitrogen and oxygen atoms in total. The normalized spacial score (nSPS) is 13.5. The number of ether oxygens (including phenoxy) is 2. The van der Waals surface area contributed by atoms with Gasteiger partial charge in [-0.3, -0.25) is 5.41 Å². The Morgan fingerprint density at radius 3 is 2.45 bits per heavy atom. The highest BCUT2D eigenvalue weighted by Gasteiger charge is 2.25. The first-order valence-corrected chi connectivity index (χ1v) is 10.7. The summed E-state index contributed by atoms with van der Waals surface area (Å²) in [5, 5.41) is 12.2. The lowest BCUT2D eigenvalue weighted by Crippen LogP contribution is -2.34. The van der Waals surface area contributed by atoms with Crippen LogP contribution in [0.15, 0.2) is 59.6 Å². The number of amidine groups is 1. The summed E-state index contributed by atoms with van der Waals surface area (Å²) in [5.74, 6) is 1.71. The fraction of sp³-hybridized carbons (Fsp3) is 0.280. The zero-order valence-electron chi connectivity index (χ0n) is 18.2. The molecular weight excluding hydrogens is 410 g/mol. The Bertz CT molecular complexity index is 1040. The summed E-state index contributed by atoms with van der Waals surface area (Å²) in [6.45, 7) is 6.81. The van der Waals surface area contributed by atoms with E-state index < -0.39 is 0 Å². The highest BCUT2D eigenvalue weighted by Crippen LogP contribution is 2.42. The van der Waals surface area contributed by atoms with Gasteiger partial charge in [0.05, 0.1) is 24.9 Å². The maximum absolute atomic E-state index is 8.41. The first kappa shape index (κ1) is 22.6. The van der Waals surface area contributed by atoms with Crippen molar-refractivity contribution < 1.29 is 9.47 Å². The lowest BCUT2D eigenvalue weighted by Gasteiger charge is -2.22. The quantitative estimate of drug-likeness (QED) is 0.575. The second-order valence-electron chi connectivity index (χ2n) is 7.25. The van der Waals surface area contributed by atoms with E-state index in [1.165, 1.54) is 5.56 Å². The lowest BCUT2D eigenvalue weighted by atomic mass is 9.95. The Balaban J connectivity index is 1.98. The van der Waals surface area contributed by atoms with Crippen molar-refractivity contribution in [2.75, 3.05) is 20.8 Å². The number of rotatable bonds is 8. The van der Waals surface area contributed by atoms with Gasteiger partial charge >= 0.3 is 0 Å². The van der Waals surface area contributed by atoms with Gasteiger partial charge in [-0.15, -0.1) is 0 Å². The van der Waals surface area contributed by atoms with Crippen molar-refractivity contribution in [2.45, 2.75) is 26.2 Å². The fourth-order valence-corrected chi connectivity index (χ4v) is 3.91. The third-order valence-electron chi connectivity index (χ3n) is 5.14. The van der Waals surface area contributed by atoms with E-state index in [0.717, 1.165) is 30.4 Å². The van der Waals surface area contributed by atoms with Gasteiger partial charge in [0.2, 0.25) is 0 Å². The van der Waals surface area contributed by atoms with Gasteiger partial charge in [0, 0.05) is 23.7 Å². The Morgan fingerprint density at radius 1 is 1.10 bits per heavy atom. The Kier molecular flexibility index (Phi) is 7.53. The molecule has 0 saturated carbocycles. The second kappa shape index (κ2) is 10.3. The summed E-state index contributed by atoms with van der Waals surface area (Å²) in [7, 11) is 3.21. The van der Waals surface area contributed by atoms with Crippen molar-refractivity contribution in [2.24, 2.45) is 4.99 Å². The molecule has 2 aromatic rings. The van der Waals surface area contributed by atoms with E-state index in [2.05, 4.69) is 31.0 Å². The third-order valence-corrected chi connectivity index (χ3v) is 5.52. The summed E-state index contributed by atoms with van der Waals surface area (Å²) >= 11 is 6.73. The fourth-order valence-electron chi connectivity index (χ4n) is 3.57. The van der Waals surface area contributed by atoms with Gasteiger partial charge < -0.3 is 14.8 Å². The second-order valence-corrected chi connectivity index (χ2v) is 7.63. The largest absolute Gasteiger partial charge is 0.496 e. The van der Waals surface area contributed by atoms with Crippen LogP contribution in [0.4, 0.5) is 0 Å². The van der Waals surface area contributed by atoms with E-state index in [1.54, 1.807) is 26.4 Å². The summed E-state index contributed by atoms with van der Waals surface area (Å²) in [6.07, 6.45) is 4.31. The van der Waals surface area contributed by atoms with E-state index in [9.17, 15) is 0 Å². The molecule has 0 fully saturated rings. The van der Waals surface area contributed by atoms with Crippen LogP contribution in [0.25, 0.3) is 5.70 Å². The van der Waals surface area contributed by atoms with Gasteiger partial charge in [-0.25, -0.2) is 4.99 Å². The molecule has 1 aliphatic heterocycles. The smallest absolute Gasteiger partial charge is 0.152 e. The van der Waals surface area contributed by atoms with Crippen molar-refractivity contribution in [3.05, 3.63) is 76.3 Å². The minimum absolute atomic E-state index is 0.278. The van der Waals surface area contributed by atoms with Crippen molar-refractivity contribution in [1.29, 1.82) is 5.41 Å². The molecule has 0 aliphatic carbocycles. The monoisotopic (exact) mass is 437 g/mol. The molecule has 0 atom stereocenters. The molecule has 0 radical (unpaired) electrons. The molecule has 6 heteroatoms. The van der Waals surface area contributed by atoms with Crippen molar-refractivity contribution in [3.63, 3.8) is 0 Å². The van der Waals surface area contributed by atoms with Crippen molar-refractivity contribution in [3.8, 4) is 11.5 Å². The number of nitrogens with zero attached hydrogens (tertiary/aromatic N) is 1. The molecule has 0 unspecified atom stereocenters. The highest BCUT2D eigenvalue weighted by atomic mass is 35.5. The summed E-state index contributed by atoms with van der Waals surface area (Å²) < 4.78 is 11.1. The molecule has 1 aliphatic rings. The van der Waals surface area contributed by atoms with Crippen LogP contribution in [0.2, 0.25) is 5.02 Å².